The van der Waals surface area contributed by atoms with Crippen molar-refractivity contribution in [1.29, 1.82) is 0 Å². The number of nitrogens with one attached hydrogen (secondary N) is 2. The maximum Gasteiger partial charge on any atom is 0.232 e. The zero-order valence-electron chi connectivity index (χ0n) is 21.2. The highest BCUT2D eigenvalue weighted by Crippen LogP contribution is 2.63. The van der Waals surface area contributed by atoms with Gasteiger partial charge in [0.1, 0.15) is 5.75 Å². The molecular weight excluding hydrogens is 458 g/mol. The number of para-hydroxylation sites is 2. The zero-order valence-corrected chi connectivity index (χ0v) is 22.0. The van der Waals surface area contributed by atoms with E-state index in [1.54, 1.807) is 6.07 Å². The fourth-order valence-corrected chi connectivity index (χ4v) is 8.53. The van der Waals surface area contributed by atoms with Crippen molar-refractivity contribution in [2.75, 3.05) is 29.4 Å². The number of phenolic OH excluding ortho intramolecular Hbond substituents is 1. The quantitative estimate of drug-likeness (QED) is 0.424. The maximum absolute atomic E-state index is 12.5. The summed E-state index contributed by atoms with van der Waals surface area (Å²) in [6.07, 6.45) is 8.52. The van der Waals surface area contributed by atoms with Crippen molar-refractivity contribution in [1.82, 2.24) is 4.90 Å². The monoisotopic (exact) mass is 497 g/mol. The van der Waals surface area contributed by atoms with Crippen LogP contribution >= 0.6 is 0 Å². The van der Waals surface area contributed by atoms with E-state index in [-0.39, 0.29) is 22.3 Å². The summed E-state index contributed by atoms with van der Waals surface area (Å²) in [7, 11) is -1.17. The lowest BCUT2D eigenvalue weighted by Gasteiger charge is -2.65. The van der Waals surface area contributed by atoms with Crippen LogP contribution < -0.4 is 10.0 Å². The van der Waals surface area contributed by atoms with Crippen molar-refractivity contribution in [2.45, 2.75) is 76.7 Å². The van der Waals surface area contributed by atoms with Gasteiger partial charge in [-0.1, -0.05) is 45.2 Å². The van der Waals surface area contributed by atoms with Crippen molar-refractivity contribution < 1.29 is 13.5 Å². The predicted octanol–water partition coefficient (Wildman–Crippen LogP) is 5.76. The van der Waals surface area contributed by atoms with Gasteiger partial charge in [0, 0.05) is 11.5 Å². The van der Waals surface area contributed by atoms with Gasteiger partial charge < -0.3 is 15.3 Å². The van der Waals surface area contributed by atoms with Crippen LogP contribution in [0.15, 0.2) is 36.4 Å². The van der Waals surface area contributed by atoms with Crippen molar-refractivity contribution in [3.8, 4) is 5.75 Å². The van der Waals surface area contributed by atoms with Gasteiger partial charge >= 0.3 is 0 Å². The molecule has 2 bridgehead atoms. The molecule has 2 aromatic rings. The Labute approximate surface area is 210 Å². The third kappa shape index (κ3) is 4.10. The molecule has 2 aliphatic carbocycles. The number of aromatic hydroxyl groups is 1. The lowest BCUT2D eigenvalue weighted by molar-refractivity contribution is -0.0735. The van der Waals surface area contributed by atoms with Crippen LogP contribution in [-0.2, 0) is 21.9 Å². The molecule has 3 aliphatic rings. The maximum atomic E-state index is 12.5. The smallest absolute Gasteiger partial charge is 0.232 e. The number of benzene rings is 2. The Kier molecular flexibility index (Phi) is 6.29. The van der Waals surface area contributed by atoms with E-state index in [1.807, 2.05) is 31.2 Å². The highest BCUT2D eigenvalue weighted by molar-refractivity contribution is 7.92. The fourth-order valence-electron chi connectivity index (χ4n) is 7.24. The molecule has 3 N–H and O–H groups in total. The van der Waals surface area contributed by atoms with Crippen LogP contribution in [0.25, 0.3) is 0 Å². The topological polar surface area (TPSA) is 81.7 Å². The van der Waals surface area contributed by atoms with Crippen LogP contribution in [0.2, 0.25) is 0 Å². The van der Waals surface area contributed by atoms with Gasteiger partial charge in [-0.3, -0.25) is 4.72 Å². The van der Waals surface area contributed by atoms with E-state index in [2.05, 4.69) is 35.0 Å². The highest BCUT2D eigenvalue weighted by atomic mass is 32.2. The van der Waals surface area contributed by atoms with E-state index in [0.29, 0.717) is 29.5 Å². The number of hydrogen-bond donors (Lipinski definition) is 3. The van der Waals surface area contributed by atoms with E-state index in [1.165, 1.54) is 36.8 Å². The first kappa shape index (κ1) is 24.4. The van der Waals surface area contributed by atoms with Crippen LogP contribution in [0.5, 0.6) is 5.75 Å². The minimum absolute atomic E-state index is 0.0949. The Morgan fingerprint density at radius 2 is 1.83 bits per heavy atom. The molecule has 0 unspecified atom stereocenters. The number of likely N-dealkylation sites (N-methyl/N-ethyl adjacent to an activating group) is 1. The molecule has 1 aliphatic heterocycles. The van der Waals surface area contributed by atoms with E-state index in [4.69, 9.17) is 0 Å². The summed E-state index contributed by atoms with van der Waals surface area (Å²) >= 11 is 0. The Morgan fingerprint density at radius 3 is 2.60 bits per heavy atom. The molecule has 7 heteroatoms. The number of likely N-dealkylation sites (tertiary alicyclic amines) is 1. The van der Waals surface area contributed by atoms with Gasteiger partial charge in [0.25, 0.3) is 0 Å². The lowest BCUT2D eigenvalue weighted by atomic mass is 9.45. The molecule has 0 amide bonds. The summed E-state index contributed by atoms with van der Waals surface area (Å²) in [6.45, 7) is 5.57. The van der Waals surface area contributed by atoms with E-state index < -0.39 is 10.0 Å². The predicted molar refractivity (Wildman–Crippen MR) is 143 cm³/mol. The van der Waals surface area contributed by atoms with Gasteiger partial charge in [-0.15, -0.1) is 0 Å². The second kappa shape index (κ2) is 9.00. The third-order valence-electron chi connectivity index (χ3n) is 9.18. The molecule has 1 saturated heterocycles. The summed E-state index contributed by atoms with van der Waals surface area (Å²) in [5, 5.41) is 14.5. The molecule has 2 fully saturated rings. The summed E-state index contributed by atoms with van der Waals surface area (Å²) in [5.41, 5.74) is 4.75. The second-order valence-corrected chi connectivity index (χ2v) is 13.0. The van der Waals surface area contributed by atoms with Gasteiger partial charge in [-0.2, -0.15) is 0 Å². The SMILES string of the molecule is CCCCS(=O)(=O)Nc1ccccc1Nc1cc2c(cc1O)[C@]13CCCC[C@]1(C)[C@H](C2)N(C)CC3. The average Bonchev–Trinajstić information content (AvgIpc) is 2.82. The molecule has 190 valence electrons. The summed E-state index contributed by atoms with van der Waals surface area (Å²) in [5.74, 6) is 0.324. The number of sulfonamides is 1. The number of anilines is 3. The van der Waals surface area contributed by atoms with Crippen molar-refractivity contribution in [2.24, 2.45) is 5.41 Å². The molecule has 35 heavy (non-hydrogen) atoms. The minimum atomic E-state index is -3.43. The van der Waals surface area contributed by atoms with E-state index in [0.717, 1.165) is 25.8 Å². The molecule has 0 aromatic heterocycles. The molecule has 2 aromatic carbocycles. The summed E-state index contributed by atoms with van der Waals surface area (Å²) in [6, 6.07) is 11.9. The molecule has 1 heterocycles. The molecule has 3 atom stereocenters. The molecular formula is C28H39N3O3S. The van der Waals surface area contributed by atoms with Gasteiger partial charge in [0.2, 0.25) is 10.0 Å². The first-order valence-corrected chi connectivity index (χ1v) is 14.8. The molecule has 0 spiro atoms. The third-order valence-corrected chi connectivity index (χ3v) is 10.5. The van der Waals surface area contributed by atoms with Crippen LogP contribution in [0.3, 0.4) is 0 Å². The van der Waals surface area contributed by atoms with Crippen LogP contribution in [0.4, 0.5) is 17.1 Å². The highest BCUT2D eigenvalue weighted by Gasteiger charge is 2.60. The number of hydrogen-bond acceptors (Lipinski definition) is 5. The Morgan fingerprint density at radius 1 is 1.09 bits per heavy atom. The number of piperidine rings is 1. The largest absolute Gasteiger partial charge is 0.506 e. The number of fused-ring (bicyclic) bond motifs is 1. The van der Waals surface area contributed by atoms with E-state index in [9.17, 15) is 13.5 Å². The first-order valence-electron chi connectivity index (χ1n) is 13.1. The lowest BCUT2D eigenvalue weighted by Crippen LogP contribution is -2.66. The van der Waals surface area contributed by atoms with Crippen LogP contribution in [0.1, 0.15) is 69.9 Å². The molecule has 0 radical (unpaired) electrons. The fraction of sp³-hybridized carbons (Fsp3) is 0.571. The van der Waals surface area contributed by atoms with Crippen molar-refractivity contribution in [3.63, 3.8) is 0 Å². The van der Waals surface area contributed by atoms with Crippen molar-refractivity contribution in [3.05, 3.63) is 47.5 Å². The van der Waals surface area contributed by atoms with Gasteiger partial charge in [0.05, 0.1) is 22.8 Å². The zero-order chi connectivity index (χ0) is 24.8. The Balaban J connectivity index is 1.50. The second-order valence-electron chi connectivity index (χ2n) is 11.1. The number of unbranched alkanes of at least 4 members (excludes halogenated alkanes) is 1. The summed E-state index contributed by atoms with van der Waals surface area (Å²) in [4.78, 5) is 2.55. The summed E-state index contributed by atoms with van der Waals surface area (Å²) < 4.78 is 27.8. The first-order chi connectivity index (χ1) is 16.7. The van der Waals surface area contributed by atoms with Crippen molar-refractivity contribution >= 4 is 27.1 Å². The van der Waals surface area contributed by atoms with Crippen LogP contribution in [0, 0.1) is 5.41 Å². The Bertz CT molecular complexity index is 1210. The molecule has 6 nitrogen and oxygen atoms in total. The average molecular weight is 498 g/mol. The number of nitrogens with zero attached hydrogens (tertiary/aromatic N) is 1. The number of phenols is 1. The minimum Gasteiger partial charge on any atom is -0.506 e. The Hall–Kier alpha value is -2.25. The normalized spacial score (nSPS) is 28.1. The van der Waals surface area contributed by atoms with Gasteiger partial charge in [-0.25, -0.2) is 8.42 Å². The van der Waals surface area contributed by atoms with E-state index >= 15 is 0 Å². The van der Waals surface area contributed by atoms with Gasteiger partial charge in [0.15, 0.2) is 0 Å². The van der Waals surface area contributed by atoms with Gasteiger partial charge in [-0.05, 0) is 86.5 Å². The number of rotatable bonds is 7. The molecule has 5 rings (SSSR count). The molecule has 1 saturated carbocycles. The standard InChI is InChI=1S/C28H39N3O3S/c1-4-5-16-35(33,34)30-23-11-7-6-10-22(23)29-24-17-20-18-26-27(2)12-8-9-13-28(27,14-15-31(26)3)21(20)19-25(24)32/h6-7,10-11,17,19,26,29-30,32H,4-5,8-9,12-16,18H2,1-3H3/t26-,27+,28+/m0/s1. The van der Waals surface area contributed by atoms with Crippen LogP contribution in [-0.4, -0.2) is 43.8 Å².